The van der Waals surface area contributed by atoms with Gasteiger partial charge in [0, 0.05) is 31.4 Å². The van der Waals surface area contributed by atoms with Crippen LogP contribution in [0, 0.1) is 0 Å². The van der Waals surface area contributed by atoms with Crippen LogP contribution < -0.4 is 10.1 Å². The molecule has 1 atom stereocenters. The number of benzene rings is 1. The van der Waals surface area contributed by atoms with Crippen LogP contribution in [0.3, 0.4) is 0 Å². The minimum absolute atomic E-state index is 0.0688. The molecule has 0 bridgehead atoms. The molecule has 0 aliphatic rings. The predicted octanol–water partition coefficient (Wildman–Crippen LogP) is 4.05. The van der Waals surface area contributed by atoms with E-state index in [9.17, 15) is 14.7 Å². The van der Waals surface area contributed by atoms with Crippen LogP contribution in [0.25, 0.3) is 0 Å². The standard InChI is InChI=1S/C23H38N2O5S/c1-5-7-15-31-16-13-25(23(28)24-18(3)4)12-14-30-20-10-8-19(9-11-20)17-21(22(26)27)29-6-2/h8-11,18,21H,5-7,12-17H2,1-4H3,(H,24,28)(H,26,27). The summed E-state index contributed by atoms with van der Waals surface area (Å²) in [5, 5.41) is 12.2. The van der Waals surface area contributed by atoms with E-state index in [1.165, 1.54) is 12.8 Å². The van der Waals surface area contributed by atoms with E-state index < -0.39 is 12.1 Å². The Labute approximate surface area is 190 Å². The highest BCUT2D eigenvalue weighted by molar-refractivity contribution is 7.99. The maximum absolute atomic E-state index is 12.5. The van der Waals surface area contributed by atoms with Crippen molar-refractivity contribution in [3.8, 4) is 5.75 Å². The second-order valence-corrected chi connectivity index (χ2v) is 8.76. The van der Waals surface area contributed by atoms with Gasteiger partial charge in [-0.3, -0.25) is 0 Å². The molecular weight excluding hydrogens is 416 g/mol. The van der Waals surface area contributed by atoms with Crippen LogP contribution in [0.4, 0.5) is 4.79 Å². The first-order chi connectivity index (χ1) is 14.9. The largest absolute Gasteiger partial charge is 0.492 e. The Bertz CT molecular complexity index is 639. The molecule has 7 nitrogen and oxygen atoms in total. The number of ether oxygens (including phenoxy) is 2. The number of hydrogen-bond donors (Lipinski definition) is 2. The number of carbonyl (C=O) groups excluding carboxylic acids is 1. The molecule has 1 aromatic carbocycles. The average Bonchev–Trinajstić information content (AvgIpc) is 2.72. The van der Waals surface area contributed by atoms with Gasteiger partial charge in [0.25, 0.3) is 0 Å². The van der Waals surface area contributed by atoms with Gasteiger partial charge in [0.15, 0.2) is 6.10 Å². The van der Waals surface area contributed by atoms with E-state index in [0.717, 1.165) is 17.1 Å². The van der Waals surface area contributed by atoms with Crippen LogP contribution >= 0.6 is 11.8 Å². The molecule has 1 unspecified atom stereocenters. The molecule has 0 saturated heterocycles. The summed E-state index contributed by atoms with van der Waals surface area (Å²) >= 11 is 1.87. The number of hydrogen-bond acceptors (Lipinski definition) is 5. The number of amides is 2. The minimum atomic E-state index is -0.963. The third kappa shape index (κ3) is 11.9. The molecular formula is C23H38N2O5S. The summed E-state index contributed by atoms with van der Waals surface area (Å²) in [5.41, 5.74) is 0.871. The van der Waals surface area contributed by atoms with E-state index >= 15 is 0 Å². The fourth-order valence-corrected chi connectivity index (χ4v) is 3.85. The van der Waals surface area contributed by atoms with E-state index in [4.69, 9.17) is 9.47 Å². The van der Waals surface area contributed by atoms with Crippen molar-refractivity contribution in [3.05, 3.63) is 29.8 Å². The molecule has 31 heavy (non-hydrogen) atoms. The van der Waals surface area contributed by atoms with Crippen LogP contribution in [0.5, 0.6) is 5.75 Å². The molecule has 1 aromatic rings. The fraction of sp³-hybridized carbons (Fsp3) is 0.652. The lowest BCUT2D eigenvalue weighted by Crippen LogP contribution is -2.45. The molecule has 0 fully saturated rings. The van der Waals surface area contributed by atoms with Gasteiger partial charge >= 0.3 is 12.0 Å². The third-order valence-electron chi connectivity index (χ3n) is 4.46. The maximum Gasteiger partial charge on any atom is 0.333 e. The average molecular weight is 455 g/mol. The molecule has 0 heterocycles. The maximum atomic E-state index is 12.5. The van der Waals surface area contributed by atoms with Gasteiger partial charge in [-0.05, 0) is 50.6 Å². The summed E-state index contributed by atoms with van der Waals surface area (Å²) in [6, 6.07) is 7.34. The quantitative estimate of drug-likeness (QED) is 0.366. The monoisotopic (exact) mass is 454 g/mol. The summed E-state index contributed by atoms with van der Waals surface area (Å²) in [4.78, 5) is 25.5. The van der Waals surface area contributed by atoms with Crippen molar-refractivity contribution < 1.29 is 24.2 Å². The van der Waals surface area contributed by atoms with E-state index in [0.29, 0.717) is 38.5 Å². The number of carbonyl (C=O) groups is 2. The lowest BCUT2D eigenvalue weighted by atomic mass is 10.1. The zero-order valence-electron chi connectivity index (χ0n) is 19.3. The van der Waals surface area contributed by atoms with Gasteiger partial charge in [-0.2, -0.15) is 11.8 Å². The number of aliphatic carboxylic acids is 1. The number of nitrogens with zero attached hydrogens (tertiary/aromatic N) is 1. The second-order valence-electron chi connectivity index (χ2n) is 7.54. The summed E-state index contributed by atoms with van der Waals surface area (Å²) in [6.45, 7) is 9.79. The highest BCUT2D eigenvalue weighted by Crippen LogP contribution is 2.15. The first-order valence-corrected chi connectivity index (χ1v) is 12.2. The van der Waals surface area contributed by atoms with Crippen molar-refractivity contribution in [2.45, 2.75) is 59.1 Å². The van der Waals surface area contributed by atoms with E-state index in [1.54, 1.807) is 11.8 Å². The van der Waals surface area contributed by atoms with Gasteiger partial charge < -0.3 is 24.8 Å². The van der Waals surface area contributed by atoms with Crippen molar-refractivity contribution in [1.82, 2.24) is 10.2 Å². The van der Waals surface area contributed by atoms with Crippen molar-refractivity contribution in [2.75, 3.05) is 37.8 Å². The first kappa shape index (κ1) is 27.1. The predicted molar refractivity (Wildman–Crippen MR) is 126 cm³/mol. The van der Waals surface area contributed by atoms with E-state index in [2.05, 4.69) is 12.2 Å². The summed E-state index contributed by atoms with van der Waals surface area (Å²) < 4.78 is 11.1. The van der Waals surface area contributed by atoms with Crippen LogP contribution in [0.2, 0.25) is 0 Å². The third-order valence-corrected chi connectivity index (χ3v) is 5.51. The molecule has 8 heteroatoms. The Morgan fingerprint density at radius 1 is 1.13 bits per heavy atom. The fourth-order valence-electron chi connectivity index (χ4n) is 2.80. The molecule has 0 aliphatic heterocycles. The molecule has 0 aliphatic carbocycles. The lowest BCUT2D eigenvalue weighted by molar-refractivity contribution is -0.149. The smallest absolute Gasteiger partial charge is 0.333 e. The van der Waals surface area contributed by atoms with Crippen molar-refractivity contribution in [2.24, 2.45) is 0 Å². The Morgan fingerprint density at radius 3 is 2.42 bits per heavy atom. The summed E-state index contributed by atoms with van der Waals surface area (Å²) in [6.07, 6.45) is 1.84. The number of thioether (sulfide) groups is 1. The molecule has 2 amide bonds. The van der Waals surface area contributed by atoms with Gasteiger partial charge in [-0.15, -0.1) is 0 Å². The number of unbranched alkanes of at least 4 members (excludes halogenated alkanes) is 1. The van der Waals surface area contributed by atoms with E-state index in [1.807, 2.05) is 49.9 Å². The van der Waals surface area contributed by atoms with Crippen LogP contribution in [0.1, 0.15) is 46.1 Å². The van der Waals surface area contributed by atoms with Crippen LogP contribution in [-0.4, -0.2) is 72.0 Å². The molecule has 0 spiro atoms. The van der Waals surface area contributed by atoms with Crippen LogP contribution in [-0.2, 0) is 16.0 Å². The topological polar surface area (TPSA) is 88.1 Å². The van der Waals surface area contributed by atoms with Crippen molar-refractivity contribution in [3.63, 3.8) is 0 Å². The van der Waals surface area contributed by atoms with Crippen LogP contribution in [0.15, 0.2) is 24.3 Å². The van der Waals surface area contributed by atoms with E-state index in [-0.39, 0.29) is 12.1 Å². The molecule has 0 saturated carbocycles. The first-order valence-electron chi connectivity index (χ1n) is 11.1. The normalized spacial score (nSPS) is 11.9. The highest BCUT2D eigenvalue weighted by Gasteiger charge is 2.18. The molecule has 2 N–H and O–H groups in total. The van der Waals surface area contributed by atoms with Gasteiger partial charge in [0.1, 0.15) is 12.4 Å². The summed E-state index contributed by atoms with van der Waals surface area (Å²) in [5.74, 6) is 1.75. The second kappa shape index (κ2) is 15.8. The number of carboxylic acid groups (broad SMARTS) is 1. The highest BCUT2D eigenvalue weighted by atomic mass is 32.2. The Balaban J connectivity index is 2.53. The Hall–Kier alpha value is -1.93. The Kier molecular flexibility index (Phi) is 13.8. The van der Waals surface area contributed by atoms with Gasteiger partial charge in [0.05, 0.1) is 6.54 Å². The van der Waals surface area contributed by atoms with Crippen molar-refractivity contribution >= 4 is 23.8 Å². The van der Waals surface area contributed by atoms with Crippen molar-refractivity contribution in [1.29, 1.82) is 0 Å². The molecule has 176 valence electrons. The number of urea groups is 1. The van der Waals surface area contributed by atoms with Gasteiger partial charge in [-0.25, -0.2) is 9.59 Å². The van der Waals surface area contributed by atoms with Gasteiger partial charge in [-0.1, -0.05) is 25.5 Å². The lowest BCUT2D eigenvalue weighted by Gasteiger charge is -2.24. The Morgan fingerprint density at radius 2 is 1.84 bits per heavy atom. The molecule has 0 aromatic heterocycles. The molecule has 1 rings (SSSR count). The summed E-state index contributed by atoms with van der Waals surface area (Å²) in [7, 11) is 0. The molecule has 0 radical (unpaired) electrons. The SMILES string of the molecule is CCCCSCCN(CCOc1ccc(CC(OCC)C(=O)O)cc1)C(=O)NC(C)C. The van der Waals surface area contributed by atoms with Gasteiger partial charge in [0.2, 0.25) is 0 Å². The number of rotatable bonds is 16. The number of nitrogens with one attached hydrogen (secondary N) is 1. The minimum Gasteiger partial charge on any atom is -0.492 e. The zero-order valence-corrected chi connectivity index (χ0v) is 20.1. The zero-order chi connectivity index (χ0) is 23.1. The number of carboxylic acids is 1.